The van der Waals surface area contributed by atoms with Gasteiger partial charge >= 0.3 is 5.97 Å². The van der Waals surface area contributed by atoms with Gasteiger partial charge in [-0.05, 0) is 139 Å². The van der Waals surface area contributed by atoms with Crippen LogP contribution in [0.4, 0.5) is 22.6 Å². The van der Waals surface area contributed by atoms with E-state index < -0.39 is 5.97 Å². The van der Waals surface area contributed by atoms with Gasteiger partial charge in [0.1, 0.15) is 11.6 Å². The van der Waals surface area contributed by atoms with Crippen molar-refractivity contribution >= 4 is 55.9 Å². The van der Waals surface area contributed by atoms with Gasteiger partial charge in [-0.15, -0.1) is 10.2 Å². The molecule has 4 saturated carbocycles. The molecule has 2 unspecified atom stereocenters. The number of carbonyl (C=O) groups is 2. The Kier molecular flexibility index (Phi) is 12.2. The fraction of sp³-hybridized carbons (Fsp3) is 0.580. The van der Waals surface area contributed by atoms with Crippen LogP contribution in [0, 0.1) is 30.1 Å². The molecule has 0 saturated heterocycles. The van der Waals surface area contributed by atoms with Crippen molar-refractivity contribution in [3.05, 3.63) is 65.1 Å². The number of para-hydroxylation sites is 1. The minimum atomic E-state index is -1.08. The molecule has 2 N–H and O–H groups in total. The highest BCUT2D eigenvalue weighted by molar-refractivity contribution is 7.22. The number of fused-ring (bicyclic) bond motifs is 2. The molecule has 4 bridgehead atoms. The van der Waals surface area contributed by atoms with Crippen LogP contribution in [-0.2, 0) is 22.5 Å². The van der Waals surface area contributed by atoms with Crippen molar-refractivity contribution in [3.63, 3.8) is 0 Å². The molecule has 4 aromatic heterocycles. The highest BCUT2D eigenvalue weighted by Gasteiger charge is 2.66. The number of nitrogens with zero attached hydrogens (tertiary/aromatic N) is 8. The molecular weight excluding hydrogens is 823 g/mol. The SMILES string of the molecule is CC(=O)CCCCCCCN(C)CCOC12CC3(Cn4ncc(-c5ccc(N6CCCc7c6nnc(Nc6nc8ccccc8s6)c7C)nc5C(=O)O)c4C)C[C@@](C)(C1)C[C@](C)(C3)C2. The molecule has 4 aliphatic carbocycles. The molecule has 340 valence electrons. The Morgan fingerprint density at radius 1 is 0.906 bits per heavy atom. The summed E-state index contributed by atoms with van der Waals surface area (Å²) in [7, 11) is 2.21. The van der Waals surface area contributed by atoms with E-state index in [-0.39, 0.29) is 27.5 Å². The standard InChI is InChI=1S/C50H65N9O4S/c1-33(60)15-10-8-7-9-13-21-57(6)23-24-63-50-29-47(4)26-48(5,30-50)28-49(27-47,31-50)32-59-35(3)38(25-51-59)37-19-20-41(53-42(37)45(61)62)58-22-14-16-36-34(2)43(55-56-44(36)58)54-46-52-39-17-11-12-18-40(39)64-46/h11-12,17-20,25H,7-10,13-16,21-24,26-32H2,1-6H3,(H,61,62)(H,52,54,55)/t47-,48+,49?,50?. The smallest absolute Gasteiger partial charge is 0.355 e. The number of carbonyl (C=O) groups excluding carboxylic acids is 1. The van der Waals surface area contributed by atoms with Crippen molar-refractivity contribution in [1.29, 1.82) is 0 Å². The number of Topliss-reactive ketones (excluding diaryl/α,β-unsaturated/α-hetero) is 1. The molecule has 4 atom stereocenters. The molecule has 5 aliphatic rings. The number of ether oxygens (including phenoxy) is 1. The van der Waals surface area contributed by atoms with Gasteiger partial charge < -0.3 is 29.8 Å². The molecule has 13 nitrogen and oxygen atoms in total. The summed E-state index contributed by atoms with van der Waals surface area (Å²) in [5.41, 5.74) is 5.65. The maximum Gasteiger partial charge on any atom is 0.355 e. The molecule has 5 aromatic rings. The number of benzene rings is 1. The van der Waals surface area contributed by atoms with Gasteiger partial charge in [0.2, 0.25) is 0 Å². The van der Waals surface area contributed by atoms with E-state index in [2.05, 4.69) is 65.9 Å². The van der Waals surface area contributed by atoms with Crippen LogP contribution in [0.3, 0.4) is 0 Å². The number of nitrogens with one attached hydrogen (secondary N) is 1. The molecule has 4 fully saturated rings. The Morgan fingerprint density at radius 2 is 1.67 bits per heavy atom. The second-order valence-electron chi connectivity index (χ2n) is 20.8. The molecule has 0 radical (unpaired) electrons. The van der Waals surface area contributed by atoms with E-state index in [0.717, 1.165) is 122 Å². The Balaban J connectivity index is 0.888. The summed E-state index contributed by atoms with van der Waals surface area (Å²) in [5, 5.41) is 29.1. The number of thiazole rings is 1. The van der Waals surface area contributed by atoms with E-state index in [9.17, 15) is 14.7 Å². The normalized spacial score (nSPS) is 24.8. The highest BCUT2D eigenvalue weighted by Crippen LogP contribution is 2.72. The van der Waals surface area contributed by atoms with Crippen LogP contribution in [0.5, 0.6) is 0 Å². The molecule has 14 heteroatoms. The van der Waals surface area contributed by atoms with Crippen LogP contribution in [0.1, 0.15) is 132 Å². The summed E-state index contributed by atoms with van der Waals surface area (Å²) in [5.74, 6) is 1.13. The molecule has 64 heavy (non-hydrogen) atoms. The van der Waals surface area contributed by atoms with Crippen LogP contribution in [-0.4, -0.2) is 90.6 Å². The van der Waals surface area contributed by atoms with Gasteiger partial charge in [0, 0.05) is 54.0 Å². The number of rotatable bonds is 19. The number of hydrogen-bond acceptors (Lipinski definition) is 12. The van der Waals surface area contributed by atoms with E-state index >= 15 is 0 Å². The first-order chi connectivity index (χ1) is 30.6. The number of aromatic nitrogens is 6. The van der Waals surface area contributed by atoms with E-state index in [4.69, 9.17) is 19.8 Å². The number of carboxylic acids is 1. The van der Waals surface area contributed by atoms with E-state index in [0.29, 0.717) is 41.8 Å². The van der Waals surface area contributed by atoms with Crippen molar-refractivity contribution in [2.75, 3.05) is 43.5 Å². The lowest BCUT2D eigenvalue weighted by atomic mass is 9.39. The van der Waals surface area contributed by atoms with Gasteiger partial charge in [-0.3, -0.25) is 4.68 Å². The number of pyridine rings is 1. The summed E-state index contributed by atoms with van der Waals surface area (Å²) < 4.78 is 10.3. The first-order valence-corrected chi connectivity index (χ1v) is 24.3. The Bertz CT molecular complexity index is 2500. The molecule has 10 rings (SSSR count). The van der Waals surface area contributed by atoms with Gasteiger partial charge in [-0.1, -0.05) is 56.6 Å². The Morgan fingerprint density at radius 3 is 2.44 bits per heavy atom. The second-order valence-corrected chi connectivity index (χ2v) is 21.8. The monoisotopic (exact) mass is 887 g/mol. The lowest BCUT2D eigenvalue weighted by Gasteiger charge is -2.69. The third-order valence-electron chi connectivity index (χ3n) is 14.7. The second kappa shape index (κ2) is 17.5. The van der Waals surface area contributed by atoms with Crippen molar-refractivity contribution in [2.45, 2.75) is 137 Å². The average Bonchev–Trinajstić information content (AvgIpc) is 3.81. The van der Waals surface area contributed by atoms with Gasteiger partial charge in [-0.2, -0.15) is 5.10 Å². The van der Waals surface area contributed by atoms with Crippen LogP contribution in [0.15, 0.2) is 42.6 Å². The Hall–Kier alpha value is -4.79. The van der Waals surface area contributed by atoms with Crippen LogP contribution < -0.4 is 10.2 Å². The molecule has 1 aromatic carbocycles. The van der Waals surface area contributed by atoms with E-state index in [1.807, 2.05) is 41.4 Å². The maximum absolute atomic E-state index is 13.0. The van der Waals surface area contributed by atoms with Crippen molar-refractivity contribution in [3.8, 4) is 11.1 Å². The fourth-order valence-electron chi connectivity index (χ4n) is 13.1. The largest absolute Gasteiger partial charge is 0.476 e. The third kappa shape index (κ3) is 9.07. The van der Waals surface area contributed by atoms with Crippen LogP contribution in [0.2, 0.25) is 0 Å². The highest BCUT2D eigenvalue weighted by atomic mass is 32.1. The number of carboxylic acid groups (broad SMARTS) is 1. The first kappa shape index (κ1) is 44.4. The third-order valence-corrected chi connectivity index (χ3v) is 15.7. The number of ketones is 1. The number of unbranched alkanes of at least 4 members (excludes halogenated alkanes) is 4. The summed E-state index contributed by atoms with van der Waals surface area (Å²) >= 11 is 1.58. The average molecular weight is 888 g/mol. The molecule has 0 spiro atoms. The maximum atomic E-state index is 13.0. The zero-order chi connectivity index (χ0) is 44.9. The van der Waals surface area contributed by atoms with Gasteiger partial charge in [0.05, 0.1) is 28.6 Å². The fourth-order valence-corrected chi connectivity index (χ4v) is 13.9. The van der Waals surface area contributed by atoms with Crippen molar-refractivity contribution in [1.82, 2.24) is 34.8 Å². The number of anilines is 4. The lowest BCUT2D eigenvalue weighted by Crippen LogP contribution is -2.64. The Labute approximate surface area is 381 Å². The molecule has 1 aliphatic heterocycles. The van der Waals surface area contributed by atoms with Gasteiger partial charge in [0.15, 0.2) is 22.5 Å². The predicted octanol–water partition coefficient (Wildman–Crippen LogP) is 10.5. The topological polar surface area (TPSA) is 151 Å². The van der Waals surface area contributed by atoms with Gasteiger partial charge in [-0.25, -0.2) is 14.8 Å². The number of hydrogen-bond donors (Lipinski definition) is 2. The molecule has 5 heterocycles. The minimum Gasteiger partial charge on any atom is -0.476 e. The zero-order valence-electron chi connectivity index (χ0n) is 38.6. The summed E-state index contributed by atoms with van der Waals surface area (Å²) in [6, 6.07) is 11.9. The zero-order valence-corrected chi connectivity index (χ0v) is 39.5. The molecule has 0 amide bonds. The minimum absolute atomic E-state index is 0.00268. The van der Waals surface area contributed by atoms with Crippen LogP contribution in [0.25, 0.3) is 21.3 Å². The van der Waals surface area contributed by atoms with Crippen molar-refractivity contribution in [2.24, 2.45) is 16.2 Å². The number of likely N-dealkylation sites (N-methyl/N-ethyl adjacent to an activating group) is 1. The summed E-state index contributed by atoms with van der Waals surface area (Å²) in [4.78, 5) is 38.2. The van der Waals surface area contributed by atoms with Crippen molar-refractivity contribution < 1.29 is 19.4 Å². The van der Waals surface area contributed by atoms with E-state index in [1.165, 1.54) is 25.7 Å². The van der Waals surface area contributed by atoms with Crippen LogP contribution >= 0.6 is 11.3 Å². The lowest BCUT2D eigenvalue weighted by molar-refractivity contribution is -0.248. The number of aromatic carboxylic acids is 1. The summed E-state index contributed by atoms with van der Waals surface area (Å²) in [6.07, 6.45) is 16.8. The quantitative estimate of drug-likeness (QED) is 0.0759. The van der Waals surface area contributed by atoms with Gasteiger partial charge in [0.25, 0.3) is 0 Å². The van der Waals surface area contributed by atoms with E-state index in [1.54, 1.807) is 18.3 Å². The predicted molar refractivity (Wildman–Crippen MR) is 253 cm³/mol. The summed E-state index contributed by atoms with van der Waals surface area (Å²) in [6.45, 7) is 14.9. The molecular formula is C50H65N9O4S. The first-order valence-electron chi connectivity index (χ1n) is 23.5.